The van der Waals surface area contributed by atoms with Crippen LogP contribution in [0.4, 0.5) is 13.2 Å². The van der Waals surface area contributed by atoms with Crippen LogP contribution >= 0.6 is 0 Å². The van der Waals surface area contributed by atoms with Crippen LogP contribution in [-0.2, 0) is 4.79 Å². The van der Waals surface area contributed by atoms with E-state index in [-0.39, 0.29) is 17.9 Å². The van der Waals surface area contributed by atoms with Gasteiger partial charge in [-0.05, 0) is 45.1 Å². The van der Waals surface area contributed by atoms with Gasteiger partial charge in [-0.2, -0.15) is 13.2 Å². The van der Waals surface area contributed by atoms with E-state index in [0.717, 1.165) is 30.6 Å². The lowest BCUT2D eigenvalue weighted by Gasteiger charge is -2.34. The van der Waals surface area contributed by atoms with Crippen molar-refractivity contribution >= 4 is 5.91 Å². The predicted molar refractivity (Wildman–Crippen MR) is 65.6 cm³/mol. The number of carbonyl (C=O) groups excluding carboxylic acids is 1. The minimum absolute atomic E-state index is 0.245. The molecule has 0 radical (unpaired) electrons. The zero-order valence-electron chi connectivity index (χ0n) is 11.2. The van der Waals surface area contributed by atoms with Gasteiger partial charge in [0.15, 0.2) is 0 Å². The molecule has 0 aromatic rings. The minimum atomic E-state index is -4.33. The van der Waals surface area contributed by atoms with E-state index in [2.05, 4.69) is 5.32 Å². The number of carbonyl (C=O) groups is 1. The van der Waals surface area contributed by atoms with Crippen LogP contribution in [0, 0.1) is 5.92 Å². The van der Waals surface area contributed by atoms with Gasteiger partial charge in [0.05, 0.1) is 6.04 Å². The summed E-state index contributed by atoms with van der Waals surface area (Å²) in [5.41, 5.74) is 0. The predicted octanol–water partition coefficient (Wildman–Crippen LogP) is 2.32. The third-order valence-corrected chi connectivity index (χ3v) is 4.04. The average Bonchev–Trinajstić information content (AvgIpc) is 3.18. The quantitative estimate of drug-likeness (QED) is 0.856. The lowest BCUT2D eigenvalue weighted by Crippen LogP contribution is -2.54. The van der Waals surface area contributed by atoms with E-state index in [4.69, 9.17) is 0 Å². The Labute approximate surface area is 111 Å². The molecule has 6 heteroatoms. The van der Waals surface area contributed by atoms with Gasteiger partial charge in [0, 0.05) is 6.04 Å². The minimum Gasteiger partial charge on any atom is -0.329 e. The van der Waals surface area contributed by atoms with Crippen LogP contribution in [0.2, 0.25) is 0 Å². The summed E-state index contributed by atoms with van der Waals surface area (Å²) < 4.78 is 38.0. The van der Waals surface area contributed by atoms with Gasteiger partial charge >= 0.3 is 6.18 Å². The Morgan fingerprint density at radius 3 is 2.47 bits per heavy atom. The molecule has 2 fully saturated rings. The highest BCUT2D eigenvalue weighted by Crippen LogP contribution is 2.36. The molecule has 0 bridgehead atoms. The van der Waals surface area contributed by atoms with E-state index in [1.165, 1.54) is 0 Å². The molecular formula is C13H21F3N2O. The van der Waals surface area contributed by atoms with Gasteiger partial charge < -0.3 is 10.2 Å². The Morgan fingerprint density at radius 1 is 1.32 bits per heavy atom. The fraction of sp³-hybridized carbons (Fsp3) is 0.923. The number of halogens is 3. The van der Waals surface area contributed by atoms with Gasteiger partial charge in [-0.25, -0.2) is 0 Å². The largest absolute Gasteiger partial charge is 0.406 e. The van der Waals surface area contributed by atoms with Crippen LogP contribution in [0.15, 0.2) is 0 Å². The number of hydrogen-bond donors (Lipinski definition) is 1. The summed E-state index contributed by atoms with van der Waals surface area (Å²) in [4.78, 5) is 13.4. The Morgan fingerprint density at radius 2 is 2.00 bits per heavy atom. The van der Waals surface area contributed by atoms with Crippen molar-refractivity contribution in [3.63, 3.8) is 0 Å². The third kappa shape index (κ3) is 4.09. The van der Waals surface area contributed by atoms with Gasteiger partial charge in [-0.15, -0.1) is 0 Å². The number of nitrogens with zero attached hydrogens (tertiary/aromatic N) is 1. The fourth-order valence-electron chi connectivity index (χ4n) is 2.71. The highest BCUT2D eigenvalue weighted by Gasteiger charge is 2.42. The SMILES string of the molecule is CC(C1CC1)N(CC(F)(F)F)C(=O)C1CCCCN1. The van der Waals surface area contributed by atoms with Crippen molar-refractivity contribution < 1.29 is 18.0 Å². The third-order valence-electron chi connectivity index (χ3n) is 4.04. The number of nitrogens with one attached hydrogen (secondary N) is 1. The summed E-state index contributed by atoms with van der Waals surface area (Å²) >= 11 is 0. The maximum Gasteiger partial charge on any atom is 0.406 e. The van der Waals surface area contributed by atoms with Crippen LogP contribution in [0.25, 0.3) is 0 Å². The zero-order chi connectivity index (χ0) is 14.0. The molecule has 3 nitrogen and oxygen atoms in total. The van der Waals surface area contributed by atoms with E-state index in [0.29, 0.717) is 13.0 Å². The number of alkyl halides is 3. The van der Waals surface area contributed by atoms with Crippen molar-refractivity contribution in [2.45, 2.75) is 57.3 Å². The molecule has 2 rings (SSSR count). The maximum atomic E-state index is 12.7. The molecule has 110 valence electrons. The second kappa shape index (κ2) is 5.69. The average molecular weight is 278 g/mol. The molecule has 2 atom stereocenters. The van der Waals surface area contributed by atoms with Crippen LogP contribution in [0.1, 0.15) is 39.0 Å². The molecule has 1 saturated heterocycles. The molecule has 1 amide bonds. The summed E-state index contributed by atoms with van der Waals surface area (Å²) in [5.74, 6) is -0.133. The Bertz CT molecular complexity index is 322. The normalized spacial score (nSPS) is 26.0. The van der Waals surface area contributed by atoms with Crippen LogP contribution < -0.4 is 5.32 Å². The summed E-state index contributed by atoms with van der Waals surface area (Å²) in [5, 5.41) is 3.04. The molecular weight excluding hydrogens is 257 g/mol. The van der Waals surface area contributed by atoms with E-state index in [1.807, 2.05) is 0 Å². The highest BCUT2D eigenvalue weighted by atomic mass is 19.4. The number of piperidine rings is 1. The summed E-state index contributed by atoms with van der Waals surface area (Å²) in [7, 11) is 0. The molecule has 0 aromatic carbocycles. The molecule has 1 heterocycles. The van der Waals surface area contributed by atoms with E-state index in [9.17, 15) is 18.0 Å². The van der Waals surface area contributed by atoms with Gasteiger partial charge in [0.2, 0.25) is 5.91 Å². The van der Waals surface area contributed by atoms with Gasteiger partial charge in [-0.3, -0.25) is 4.79 Å². The zero-order valence-corrected chi connectivity index (χ0v) is 11.2. The lowest BCUT2D eigenvalue weighted by molar-refractivity contribution is -0.167. The molecule has 19 heavy (non-hydrogen) atoms. The molecule has 1 N–H and O–H groups in total. The van der Waals surface area contributed by atoms with E-state index < -0.39 is 18.8 Å². The van der Waals surface area contributed by atoms with Crippen LogP contribution in [0.5, 0.6) is 0 Å². The molecule has 0 aromatic heterocycles. The molecule has 1 aliphatic heterocycles. The monoisotopic (exact) mass is 278 g/mol. The van der Waals surface area contributed by atoms with Crippen molar-refractivity contribution in [3.05, 3.63) is 0 Å². The van der Waals surface area contributed by atoms with Crippen LogP contribution in [0.3, 0.4) is 0 Å². The van der Waals surface area contributed by atoms with Crippen molar-refractivity contribution in [1.29, 1.82) is 0 Å². The highest BCUT2D eigenvalue weighted by molar-refractivity contribution is 5.82. The smallest absolute Gasteiger partial charge is 0.329 e. The van der Waals surface area contributed by atoms with E-state index >= 15 is 0 Å². The molecule has 1 saturated carbocycles. The summed E-state index contributed by atoms with van der Waals surface area (Å²) in [6, 6.07) is -0.741. The second-order valence-corrected chi connectivity index (χ2v) is 5.66. The van der Waals surface area contributed by atoms with Crippen molar-refractivity contribution in [2.24, 2.45) is 5.92 Å². The first-order valence-corrected chi connectivity index (χ1v) is 6.99. The summed E-state index contributed by atoms with van der Waals surface area (Å²) in [6.07, 6.45) is 0.0716. The Balaban J connectivity index is 2.04. The van der Waals surface area contributed by atoms with Crippen molar-refractivity contribution in [1.82, 2.24) is 10.2 Å². The van der Waals surface area contributed by atoms with Crippen molar-refractivity contribution in [3.8, 4) is 0 Å². The van der Waals surface area contributed by atoms with Crippen molar-refractivity contribution in [2.75, 3.05) is 13.1 Å². The fourth-order valence-corrected chi connectivity index (χ4v) is 2.71. The lowest BCUT2D eigenvalue weighted by atomic mass is 10.0. The topological polar surface area (TPSA) is 32.3 Å². The molecule has 1 aliphatic carbocycles. The number of amides is 1. The summed E-state index contributed by atoms with van der Waals surface area (Å²) in [6.45, 7) is 1.33. The molecule has 2 aliphatic rings. The van der Waals surface area contributed by atoms with Gasteiger partial charge in [0.1, 0.15) is 6.54 Å². The number of rotatable bonds is 4. The van der Waals surface area contributed by atoms with E-state index in [1.54, 1.807) is 6.92 Å². The Kier molecular flexibility index (Phi) is 4.38. The van der Waals surface area contributed by atoms with Gasteiger partial charge in [0.25, 0.3) is 0 Å². The maximum absolute atomic E-state index is 12.7. The first kappa shape index (κ1) is 14.6. The first-order valence-electron chi connectivity index (χ1n) is 6.99. The number of hydrogen-bond acceptors (Lipinski definition) is 2. The van der Waals surface area contributed by atoms with Crippen LogP contribution in [-0.4, -0.2) is 42.2 Å². The van der Waals surface area contributed by atoms with Gasteiger partial charge in [-0.1, -0.05) is 6.42 Å². The first-order chi connectivity index (χ1) is 8.88. The standard InChI is InChI=1S/C13H21F3N2O/c1-9(10-5-6-10)18(8-13(14,15)16)12(19)11-4-2-3-7-17-11/h9-11,17H,2-8H2,1H3. The Hall–Kier alpha value is -0.780. The molecule has 2 unspecified atom stereocenters. The molecule has 0 spiro atoms. The second-order valence-electron chi connectivity index (χ2n) is 5.66.